The van der Waals surface area contributed by atoms with Crippen molar-refractivity contribution in [3.63, 3.8) is 0 Å². The zero-order chi connectivity index (χ0) is 12.7. The summed E-state index contributed by atoms with van der Waals surface area (Å²) in [4.78, 5) is 11.2. The van der Waals surface area contributed by atoms with Gasteiger partial charge in [-0.1, -0.05) is 30.3 Å². The van der Waals surface area contributed by atoms with Crippen molar-refractivity contribution in [3.05, 3.63) is 35.9 Å². The van der Waals surface area contributed by atoms with Crippen molar-refractivity contribution in [2.45, 2.75) is 25.4 Å². The number of hydrogen-bond acceptors (Lipinski definition) is 3. The molecule has 1 atom stereocenters. The highest BCUT2D eigenvalue weighted by Gasteiger charge is 2.34. The Labute approximate surface area is 101 Å². The van der Waals surface area contributed by atoms with Crippen LogP contribution in [0, 0.1) is 0 Å². The largest absolute Gasteiger partial charge is 0.479 e. The quantitative estimate of drug-likeness (QED) is 0.706. The Morgan fingerprint density at radius 2 is 2.00 bits per heavy atom. The number of ether oxygens (including phenoxy) is 1. The van der Waals surface area contributed by atoms with Gasteiger partial charge >= 0.3 is 5.97 Å². The molecule has 17 heavy (non-hydrogen) atoms. The molecule has 1 aromatic rings. The third kappa shape index (κ3) is 4.17. The Bertz CT molecular complexity index is 350. The number of aliphatic carboxylic acids is 1. The Morgan fingerprint density at radius 3 is 2.53 bits per heavy atom. The molecule has 0 aliphatic carbocycles. The Balaban J connectivity index is 2.68. The molecule has 0 spiro atoms. The van der Waals surface area contributed by atoms with Gasteiger partial charge in [-0.25, -0.2) is 4.79 Å². The molecule has 0 saturated heterocycles. The number of carbonyl (C=O) groups is 1. The van der Waals surface area contributed by atoms with E-state index < -0.39 is 11.6 Å². The number of carboxylic acid groups (broad SMARTS) is 1. The van der Waals surface area contributed by atoms with Crippen LogP contribution in [-0.2, 0) is 16.0 Å². The van der Waals surface area contributed by atoms with E-state index in [0.717, 1.165) is 5.56 Å². The third-order valence-electron chi connectivity index (χ3n) is 2.56. The van der Waals surface area contributed by atoms with Gasteiger partial charge in [-0.15, -0.1) is 0 Å². The number of rotatable bonds is 7. The van der Waals surface area contributed by atoms with E-state index in [0.29, 0.717) is 12.8 Å². The molecule has 4 nitrogen and oxygen atoms in total. The van der Waals surface area contributed by atoms with Crippen LogP contribution in [0.1, 0.15) is 18.9 Å². The molecule has 1 rings (SSSR count). The van der Waals surface area contributed by atoms with Crippen molar-refractivity contribution in [1.29, 1.82) is 0 Å². The summed E-state index contributed by atoms with van der Waals surface area (Å²) in [5, 5.41) is 17.9. The zero-order valence-corrected chi connectivity index (χ0v) is 9.93. The molecule has 0 saturated carbocycles. The van der Waals surface area contributed by atoms with Crippen LogP contribution >= 0.6 is 0 Å². The number of aliphatic hydroxyl groups is 1. The molecular weight excluding hydrogens is 220 g/mol. The molecule has 4 heteroatoms. The summed E-state index contributed by atoms with van der Waals surface area (Å²) < 4.78 is 5.38. The maximum Gasteiger partial charge on any atom is 0.336 e. The standard InChI is InChI=1S/C13H18O4/c1-13(12(15)16,17-9-5-8-14)10-11-6-3-2-4-7-11/h2-4,6-7,14H,5,8-10H2,1H3,(H,15,16). The van der Waals surface area contributed by atoms with Crippen LogP contribution in [0.3, 0.4) is 0 Å². The predicted octanol–water partition coefficient (Wildman–Crippen LogP) is 1.47. The highest BCUT2D eigenvalue weighted by Crippen LogP contribution is 2.18. The molecule has 0 fully saturated rings. The first-order valence-electron chi connectivity index (χ1n) is 5.60. The summed E-state index contributed by atoms with van der Waals surface area (Å²) in [6.07, 6.45) is 0.756. The van der Waals surface area contributed by atoms with Gasteiger partial charge in [-0.3, -0.25) is 0 Å². The second kappa shape index (κ2) is 6.37. The topological polar surface area (TPSA) is 66.8 Å². The van der Waals surface area contributed by atoms with Gasteiger partial charge in [0.25, 0.3) is 0 Å². The zero-order valence-electron chi connectivity index (χ0n) is 9.93. The van der Waals surface area contributed by atoms with E-state index in [-0.39, 0.29) is 13.2 Å². The molecule has 94 valence electrons. The lowest BCUT2D eigenvalue weighted by molar-refractivity contribution is -0.163. The fraction of sp³-hybridized carbons (Fsp3) is 0.462. The lowest BCUT2D eigenvalue weighted by Crippen LogP contribution is -2.41. The van der Waals surface area contributed by atoms with Crippen LogP contribution in [0.4, 0.5) is 0 Å². The van der Waals surface area contributed by atoms with Crippen LogP contribution < -0.4 is 0 Å². The molecule has 0 aromatic heterocycles. The minimum atomic E-state index is -1.24. The first-order chi connectivity index (χ1) is 8.08. The number of aliphatic hydroxyl groups excluding tert-OH is 1. The summed E-state index contributed by atoms with van der Waals surface area (Å²) in [6.45, 7) is 1.80. The van der Waals surface area contributed by atoms with E-state index in [1.54, 1.807) is 6.92 Å². The van der Waals surface area contributed by atoms with Gasteiger partial charge in [0.05, 0.1) is 6.61 Å². The van der Waals surface area contributed by atoms with Crippen molar-refractivity contribution in [2.75, 3.05) is 13.2 Å². The monoisotopic (exact) mass is 238 g/mol. The minimum absolute atomic E-state index is 0.00103. The van der Waals surface area contributed by atoms with Crippen molar-refractivity contribution in [1.82, 2.24) is 0 Å². The van der Waals surface area contributed by atoms with E-state index in [1.165, 1.54) is 0 Å². The Kier molecular flexibility index (Phi) is 5.12. The Morgan fingerprint density at radius 1 is 1.35 bits per heavy atom. The molecule has 0 aliphatic rings. The molecule has 1 unspecified atom stereocenters. The van der Waals surface area contributed by atoms with E-state index in [1.807, 2.05) is 30.3 Å². The van der Waals surface area contributed by atoms with Crippen LogP contribution in [0.2, 0.25) is 0 Å². The summed E-state index contributed by atoms with van der Waals surface area (Å²) >= 11 is 0. The molecule has 1 aromatic carbocycles. The number of benzene rings is 1. The van der Waals surface area contributed by atoms with Gasteiger partial charge < -0.3 is 14.9 Å². The highest BCUT2D eigenvalue weighted by molar-refractivity contribution is 5.77. The first-order valence-corrected chi connectivity index (χ1v) is 5.60. The first kappa shape index (κ1) is 13.7. The summed E-state index contributed by atoms with van der Waals surface area (Å²) in [7, 11) is 0. The van der Waals surface area contributed by atoms with E-state index in [4.69, 9.17) is 9.84 Å². The van der Waals surface area contributed by atoms with Crippen LogP contribution in [0.25, 0.3) is 0 Å². The second-order valence-corrected chi connectivity index (χ2v) is 4.12. The normalized spacial score (nSPS) is 14.2. The van der Waals surface area contributed by atoms with Crippen LogP contribution in [0.5, 0.6) is 0 Å². The molecule has 0 heterocycles. The molecular formula is C13H18O4. The Hall–Kier alpha value is -1.39. The summed E-state index contributed by atoms with van der Waals surface area (Å²) in [5.41, 5.74) is -0.322. The third-order valence-corrected chi connectivity index (χ3v) is 2.56. The van der Waals surface area contributed by atoms with Gasteiger partial charge in [-0.2, -0.15) is 0 Å². The molecule has 0 aliphatic heterocycles. The highest BCUT2D eigenvalue weighted by atomic mass is 16.5. The molecule has 0 amide bonds. The van der Waals surface area contributed by atoms with Gasteiger partial charge in [0.2, 0.25) is 0 Å². The van der Waals surface area contributed by atoms with Crippen molar-refractivity contribution in [3.8, 4) is 0 Å². The maximum atomic E-state index is 11.2. The van der Waals surface area contributed by atoms with Crippen LogP contribution in [-0.4, -0.2) is 35.0 Å². The fourth-order valence-electron chi connectivity index (χ4n) is 1.54. The van der Waals surface area contributed by atoms with Gasteiger partial charge in [0.1, 0.15) is 0 Å². The van der Waals surface area contributed by atoms with E-state index in [2.05, 4.69) is 0 Å². The van der Waals surface area contributed by atoms with Crippen molar-refractivity contribution >= 4 is 5.97 Å². The van der Waals surface area contributed by atoms with Gasteiger partial charge in [-0.05, 0) is 18.9 Å². The average molecular weight is 238 g/mol. The number of carboxylic acids is 1. The smallest absolute Gasteiger partial charge is 0.336 e. The lowest BCUT2D eigenvalue weighted by Gasteiger charge is -2.25. The second-order valence-electron chi connectivity index (χ2n) is 4.12. The van der Waals surface area contributed by atoms with Crippen molar-refractivity contribution in [2.24, 2.45) is 0 Å². The van der Waals surface area contributed by atoms with Crippen molar-refractivity contribution < 1.29 is 19.7 Å². The van der Waals surface area contributed by atoms with E-state index in [9.17, 15) is 9.90 Å². The van der Waals surface area contributed by atoms with E-state index >= 15 is 0 Å². The molecule has 0 radical (unpaired) electrons. The lowest BCUT2D eigenvalue weighted by atomic mass is 9.96. The minimum Gasteiger partial charge on any atom is -0.479 e. The fourth-order valence-corrected chi connectivity index (χ4v) is 1.54. The average Bonchev–Trinajstić information content (AvgIpc) is 2.30. The predicted molar refractivity (Wildman–Crippen MR) is 63.8 cm³/mol. The van der Waals surface area contributed by atoms with Crippen LogP contribution in [0.15, 0.2) is 30.3 Å². The summed E-state index contributed by atoms with van der Waals surface area (Å²) in [5.74, 6) is -0.987. The maximum absolute atomic E-state index is 11.2. The molecule has 0 bridgehead atoms. The summed E-state index contributed by atoms with van der Waals surface area (Å²) in [6, 6.07) is 9.36. The van der Waals surface area contributed by atoms with Gasteiger partial charge in [0, 0.05) is 13.0 Å². The number of hydrogen-bond donors (Lipinski definition) is 2. The molecule has 2 N–H and O–H groups in total. The SMILES string of the molecule is CC(Cc1ccccc1)(OCCCO)C(=O)O. The van der Waals surface area contributed by atoms with Gasteiger partial charge in [0.15, 0.2) is 5.60 Å².